The molecule has 0 amide bonds. The maximum atomic E-state index is 8.46. The normalized spacial score (nSPS) is 15.9. The number of aliphatic imine (C=N–C) groups is 1. The van der Waals surface area contributed by atoms with Crippen molar-refractivity contribution < 1.29 is 4.74 Å². The van der Waals surface area contributed by atoms with Gasteiger partial charge in [-0.05, 0) is 49.7 Å². The molecule has 0 spiro atoms. The molecule has 134 valence electrons. The molecule has 0 radical (unpaired) electrons. The van der Waals surface area contributed by atoms with E-state index in [0.717, 1.165) is 12.3 Å². The first-order valence-electron chi connectivity index (χ1n) is 8.71. The topological polar surface area (TPSA) is 77.9 Å². The van der Waals surface area contributed by atoms with Crippen LogP contribution in [0.5, 0.6) is 5.75 Å². The number of nitrogens with zero attached hydrogens (tertiary/aromatic N) is 4. The number of nitriles is 1. The van der Waals surface area contributed by atoms with Crippen LogP contribution in [0.4, 0.5) is 0 Å². The molecule has 0 aromatic heterocycles. The largest absolute Gasteiger partial charge is 0.490 e. The Morgan fingerprint density at radius 1 is 1.36 bits per heavy atom. The van der Waals surface area contributed by atoms with Gasteiger partial charge in [0.1, 0.15) is 12.4 Å². The number of hydrogen-bond acceptors (Lipinski definition) is 4. The summed E-state index contributed by atoms with van der Waals surface area (Å²) in [6.07, 6.45) is 9.52. The Morgan fingerprint density at radius 2 is 2.16 bits per heavy atom. The fourth-order valence-corrected chi connectivity index (χ4v) is 2.78. The summed E-state index contributed by atoms with van der Waals surface area (Å²) < 4.78 is 5.79. The van der Waals surface area contributed by atoms with Crippen molar-refractivity contribution in [2.45, 2.75) is 25.8 Å². The Balaban J connectivity index is 1.75. The van der Waals surface area contributed by atoms with Crippen LogP contribution in [0.3, 0.4) is 0 Å². The van der Waals surface area contributed by atoms with Crippen molar-refractivity contribution in [1.29, 1.82) is 5.26 Å². The zero-order chi connectivity index (χ0) is 17.9. The molecule has 0 bridgehead atoms. The predicted molar refractivity (Wildman–Crippen MR) is 100 cm³/mol. The van der Waals surface area contributed by atoms with Crippen molar-refractivity contribution in [1.82, 2.24) is 9.80 Å². The number of guanidine groups is 1. The summed E-state index contributed by atoms with van der Waals surface area (Å²) in [6.45, 7) is 4.46. The van der Waals surface area contributed by atoms with Gasteiger partial charge in [0.05, 0.1) is 0 Å². The van der Waals surface area contributed by atoms with E-state index in [9.17, 15) is 0 Å². The van der Waals surface area contributed by atoms with Crippen LogP contribution in [0.1, 0.15) is 24.8 Å². The first-order chi connectivity index (χ1) is 12.2. The summed E-state index contributed by atoms with van der Waals surface area (Å²) in [7, 11) is 1.78. The minimum atomic E-state index is 0.207. The zero-order valence-electron chi connectivity index (χ0n) is 14.9. The van der Waals surface area contributed by atoms with Crippen molar-refractivity contribution in [3.05, 3.63) is 42.0 Å². The summed E-state index contributed by atoms with van der Waals surface area (Å²) in [5, 5.41) is 8.46. The molecule has 1 heterocycles. The second-order valence-electron chi connectivity index (χ2n) is 6.22. The maximum Gasteiger partial charge on any atom is 0.209 e. The number of nitrogens with two attached hydrogens (primary N) is 1. The van der Waals surface area contributed by atoms with E-state index in [0.29, 0.717) is 13.2 Å². The summed E-state index contributed by atoms with van der Waals surface area (Å²) in [4.78, 5) is 7.68. The average molecular weight is 341 g/mol. The van der Waals surface area contributed by atoms with Crippen LogP contribution in [-0.2, 0) is 6.54 Å². The van der Waals surface area contributed by atoms with Gasteiger partial charge in [-0.1, -0.05) is 24.6 Å². The third-order valence-electron chi connectivity index (χ3n) is 4.20. The van der Waals surface area contributed by atoms with Gasteiger partial charge in [-0.25, -0.2) is 0 Å². The molecule has 25 heavy (non-hydrogen) atoms. The molecular formula is C19H27N5O. The molecule has 0 saturated carbocycles. The van der Waals surface area contributed by atoms with Crippen LogP contribution in [0, 0.1) is 11.5 Å². The molecule has 1 saturated heterocycles. The number of piperidine rings is 1. The molecule has 6 nitrogen and oxygen atoms in total. The van der Waals surface area contributed by atoms with Crippen LogP contribution in [0.15, 0.2) is 41.4 Å². The summed E-state index contributed by atoms with van der Waals surface area (Å²) in [6, 6.07) is 8.30. The van der Waals surface area contributed by atoms with E-state index < -0.39 is 0 Å². The van der Waals surface area contributed by atoms with E-state index in [4.69, 9.17) is 15.7 Å². The highest BCUT2D eigenvalue weighted by atomic mass is 16.5. The first kappa shape index (κ1) is 18.8. The highest BCUT2D eigenvalue weighted by Crippen LogP contribution is 2.17. The van der Waals surface area contributed by atoms with E-state index >= 15 is 0 Å². The Morgan fingerprint density at radius 3 is 2.92 bits per heavy atom. The van der Waals surface area contributed by atoms with E-state index in [2.05, 4.69) is 22.0 Å². The Bertz CT molecular complexity index is 629. The summed E-state index contributed by atoms with van der Waals surface area (Å²) in [5.74, 6) is 1.09. The smallest absolute Gasteiger partial charge is 0.209 e. The molecule has 1 fully saturated rings. The average Bonchev–Trinajstić information content (AvgIpc) is 2.62. The second kappa shape index (κ2) is 10.4. The highest BCUT2D eigenvalue weighted by Gasteiger charge is 2.10. The predicted octanol–water partition coefficient (Wildman–Crippen LogP) is 2.34. The quantitative estimate of drug-likeness (QED) is 0.356. The minimum absolute atomic E-state index is 0.207. The van der Waals surface area contributed by atoms with Gasteiger partial charge in [0.25, 0.3) is 0 Å². The van der Waals surface area contributed by atoms with Crippen molar-refractivity contribution >= 4 is 5.96 Å². The van der Waals surface area contributed by atoms with E-state index in [1.807, 2.05) is 24.3 Å². The summed E-state index contributed by atoms with van der Waals surface area (Å²) in [5.41, 5.74) is 6.91. The van der Waals surface area contributed by atoms with Gasteiger partial charge in [0, 0.05) is 20.1 Å². The lowest BCUT2D eigenvalue weighted by Gasteiger charge is -2.26. The van der Waals surface area contributed by atoms with Crippen molar-refractivity contribution in [2.24, 2.45) is 10.7 Å². The van der Waals surface area contributed by atoms with Crippen LogP contribution >= 0.6 is 0 Å². The maximum absolute atomic E-state index is 8.46. The van der Waals surface area contributed by atoms with Gasteiger partial charge in [0.15, 0.2) is 0 Å². The SMILES string of the molecule is CN(C/C=C\COc1cccc(CN2CCCCC2)c1)C(N)=NC#N. The molecule has 0 atom stereocenters. The molecule has 2 N–H and O–H groups in total. The van der Waals surface area contributed by atoms with Crippen LogP contribution in [0.25, 0.3) is 0 Å². The van der Waals surface area contributed by atoms with E-state index in [-0.39, 0.29) is 5.96 Å². The standard InChI is InChI=1S/C19H27N5O/c1-23(19(21)22-16-20)10-5-6-13-25-18-9-7-8-17(14-18)15-24-11-3-2-4-12-24/h5-9,14H,2-4,10-13,15H2,1H3,(H2,21,22)/b6-5-. The number of benzene rings is 1. The van der Waals surface area contributed by atoms with Crippen molar-refractivity contribution in [2.75, 3.05) is 33.3 Å². The molecule has 0 unspecified atom stereocenters. The monoisotopic (exact) mass is 341 g/mol. The fraction of sp³-hybridized carbons (Fsp3) is 0.474. The van der Waals surface area contributed by atoms with Gasteiger partial charge in [0.2, 0.25) is 12.2 Å². The summed E-state index contributed by atoms with van der Waals surface area (Å²) >= 11 is 0. The third kappa shape index (κ3) is 6.86. The van der Waals surface area contributed by atoms with Crippen molar-refractivity contribution in [3.8, 4) is 11.9 Å². The Hall–Kier alpha value is -2.52. The van der Waals surface area contributed by atoms with E-state index in [1.54, 1.807) is 18.1 Å². The number of likely N-dealkylation sites (tertiary alicyclic amines) is 1. The molecule has 2 rings (SSSR count). The minimum Gasteiger partial charge on any atom is -0.490 e. The van der Waals surface area contributed by atoms with Gasteiger partial charge < -0.3 is 15.4 Å². The lowest BCUT2D eigenvalue weighted by Crippen LogP contribution is -2.33. The number of rotatable bonds is 7. The molecule has 1 aromatic rings. The van der Waals surface area contributed by atoms with E-state index in [1.165, 1.54) is 37.9 Å². The lowest BCUT2D eigenvalue weighted by molar-refractivity contribution is 0.220. The zero-order valence-corrected chi connectivity index (χ0v) is 14.9. The Kier molecular flexibility index (Phi) is 7.80. The molecule has 1 aliphatic heterocycles. The van der Waals surface area contributed by atoms with Crippen LogP contribution in [0.2, 0.25) is 0 Å². The molecular weight excluding hydrogens is 314 g/mol. The molecule has 1 aromatic carbocycles. The number of ether oxygens (including phenoxy) is 1. The van der Waals surface area contributed by atoms with Gasteiger partial charge in [-0.15, -0.1) is 4.99 Å². The molecule has 6 heteroatoms. The lowest BCUT2D eigenvalue weighted by atomic mass is 10.1. The fourth-order valence-electron chi connectivity index (χ4n) is 2.78. The molecule has 1 aliphatic rings. The highest BCUT2D eigenvalue weighted by molar-refractivity contribution is 5.78. The first-order valence-corrected chi connectivity index (χ1v) is 8.71. The van der Waals surface area contributed by atoms with Crippen LogP contribution < -0.4 is 10.5 Å². The van der Waals surface area contributed by atoms with Gasteiger partial charge >= 0.3 is 0 Å². The third-order valence-corrected chi connectivity index (χ3v) is 4.20. The van der Waals surface area contributed by atoms with Crippen LogP contribution in [-0.4, -0.2) is 49.0 Å². The molecule has 0 aliphatic carbocycles. The Labute approximate surface area is 150 Å². The van der Waals surface area contributed by atoms with Gasteiger partial charge in [-0.2, -0.15) is 5.26 Å². The number of likely N-dealkylation sites (N-methyl/N-ethyl adjacent to an activating group) is 1. The number of hydrogen-bond donors (Lipinski definition) is 1. The van der Waals surface area contributed by atoms with Gasteiger partial charge in [-0.3, -0.25) is 4.90 Å². The second-order valence-corrected chi connectivity index (χ2v) is 6.22. The van der Waals surface area contributed by atoms with Crippen molar-refractivity contribution in [3.63, 3.8) is 0 Å².